The van der Waals surface area contributed by atoms with Crippen LogP contribution in [-0.2, 0) is 30.9 Å². The van der Waals surface area contributed by atoms with E-state index in [4.69, 9.17) is 0 Å². The van der Waals surface area contributed by atoms with Crippen LogP contribution in [0.1, 0.15) is 96.3 Å². The summed E-state index contributed by atoms with van der Waals surface area (Å²) in [7, 11) is -12.7. The maximum Gasteiger partial charge on any atom is 3.00 e. The average molecular weight is 744 g/mol. The molecular weight excluding hydrogens is 707 g/mol. The number of nitrogens with one attached hydrogen (secondary N) is 3. The Morgan fingerprint density at radius 1 is 0.412 bits per heavy atom. The maximum atomic E-state index is 10.2. The zero-order valence-corrected chi connectivity index (χ0v) is 25.1. The zero-order valence-electron chi connectivity index (χ0n) is 19.2. The van der Waals surface area contributed by atoms with Crippen molar-refractivity contribution in [1.82, 2.24) is 14.2 Å². The Balaban J connectivity index is 0.000000473. The summed E-state index contributed by atoms with van der Waals surface area (Å²) in [6, 6.07) is -0.316. The Bertz CT molecular complexity index is 738. The fourth-order valence-corrected chi connectivity index (χ4v) is 6.21. The van der Waals surface area contributed by atoms with Gasteiger partial charge in [-0.15, -0.1) is 0 Å². The molecule has 3 fully saturated rings. The van der Waals surface area contributed by atoms with Gasteiger partial charge in [0, 0.05) is 18.1 Å². The Morgan fingerprint density at radius 2 is 0.588 bits per heavy atom. The van der Waals surface area contributed by atoms with Gasteiger partial charge in [0.2, 0.25) is 0 Å². The Labute approximate surface area is 223 Å². The molecule has 0 bridgehead atoms. The van der Waals surface area contributed by atoms with E-state index in [0.29, 0.717) is 0 Å². The third-order valence-electron chi connectivity index (χ3n) is 5.75. The molecule has 0 aromatic rings. The van der Waals surface area contributed by atoms with E-state index >= 15 is 0 Å². The Kier molecular flexibility index (Phi) is 17.3. The van der Waals surface area contributed by atoms with Crippen molar-refractivity contribution in [2.75, 3.05) is 0 Å². The standard InChI is InChI=1S/3C6H13NO3S.Bi/c3*8-11(9,10)7-6-4-2-1-3-5-6;/h3*6-7H,1-5H2,(H,8,9,10);/q;;;+3/p-3. The van der Waals surface area contributed by atoms with Crippen molar-refractivity contribution in [2.24, 2.45) is 0 Å². The number of hydrogen-bond acceptors (Lipinski definition) is 9. The van der Waals surface area contributed by atoms with Crippen LogP contribution in [0.5, 0.6) is 0 Å². The van der Waals surface area contributed by atoms with Gasteiger partial charge in [-0.05, 0) is 38.5 Å². The van der Waals surface area contributed by atoms with Crippen molar-refractivity contribution in [1.29, 1.82) is 0 Å². The molecule has 3 rings (SSSR count). The summed E-state index contributed by atoms with van der Waals surface area (Å²) in [6.07, 6.45) is 14.4. The largest absolute Gasteiger partial charge is 3.00 e. The van der Waals surface area contributed by atoms with Gasteiger partial charge in [0.05, 0.1) is 0 Å². The van der Waals surface area contributed by atoms with Crippen molar-refractivity contribution in [3.8, 4) is 0 Å². The molecule has 0 spiro atoms. The van der Waals surface area contributed by atoms with Crippen molar-refractivity contribution in [3.05, 3.63) is 0 Å². The van der Waals surface area contributed by atoms with Gasteiger partial charge in [-0.3, -0.25) is 0 Å². The van der Waals surface area contributed by atoms with Crippen LogP contribution in [-0.4, -0.2) is 83.2 Å². The third-order valence-corrected chi connectivity index (χ3v) is 7.61. The molecule has 0 saturated heterocycles. The summed E-state index contributed by atoms with van der Waals surface area (Å²) in [4.78, 5) is 0. The first-order chi connectivity index (χ1) is 15.2. The Morgan fingerprint density at radius 3 is 0.735 bits per heavy atom. The zero-order chi connectivity index (χ0) is 25.0. The smallest absolute Gasteiger partial charge is 0.735 e. The number of hydrogen-bond donors (Lipinski definition) is 3. The molecule has 0 aromatic heterocycles. The molecule has 200 valence electrons. The molecule has 3 aliphatic carbocycles. The van der Waals surface area contributed by atoms with Gasteiger partial charge in [0.25, 0.3) is 0 Å². The number of rotatable bonds is 6. The summed E-state index contributed by atoms with van der Waals surface area (Å²) in [6.45, 7) is 0. The van der Waals surface area contributed by atoms with E-state index in [0.717, 1.165) is 96.3 Å². The summed E-state index contributed by atoms with van der Waals surface area (Å²) >= 11 is 0. The predicted octanol–water partition coefficient (Wildman–Crippen LogP) is 0.726. The first-order valence-corrected chi connectivity index (χ1v) is 15.7. The summed E-state index contributed by atoms with van der Waals surface area (Å²) < 4.78 is 98.3. The fourth-order valence-electron chi connectivity index (χ4n) is 4.27. The molecular formula is C18H36BiN3O9S3. The van der Waals surface area contributed by atoms with Crippen LogP contribution in [0.4, 0.5) is 0 Å². The average Bonchev–Trinajstić information content (AvgIpc) is 2.67. The van der Waals surface area contributed by atoms with E-state index < -0.39 is 30.9 Å². The van der Waals surface area contributed by atoms with Crippen LogP contribution in [0.3, 0.4) is 0 Å². The first-order valence-electron chi connectivity index (χ1n) is 11.4. The van der Waals surface area contributed by atoms with E-state index in [2.05, 4.69) is 14.2 Å². The molecule has 16 heteroatoms. The van der Waals surface area contributed by atoms with Crippen LogP contribution < -0.4 is 14.2 Å². The van der Waals surface area contributed by atoms with Crippen LogP contribution in [0.2, 0.25) is 0 Å². The fraction of sp³-hybridized carbons (Fsp3) is 1.00. The van der Waals surface area contributed by atoms with Gasteiger partial charge >= 0.3 is 26.2 Å². The molecule has 0 aromatic carbocycles. The van der Waals surface area contributed by atoms with Gasteiger partial charge in [-0.1, -0.05) is 57.8 Å². The predicted molar refractivity (Wildman–Crippen MR) is 125 cm³/mol. The van der Waals surface area contributed by atoms with Crippen molar-refractivity contribution in [2.45, 2.75) is 114 Å². The van der Waals surface area contributed by atoms with E-state index in [9.17, 15) is 38.9 Å². The molecule has 3 aliphatic rings. The molecule has 0 amide bonds. The van der Waals surface area contributed by atoms with Crippen molar-refractivity contribution < 1.29 is 38.9 Å². The maximum absolute atomic E-state index is 10.2. The van der Waals surface area contributed by atoms with E-state index in [1.165, 1.54) is 0 Å². The van der Waals surface area contributed by atoms with E-state index in [-0.39, 0.29) is 44.3 Å². The van der Waals surface area contributed by atoms with Gasteiger partial charge in [0.1, 0.15) is 0 Å². The first kappa shape index (κ1) is 34.5. The molecule has 34 heavy (non-hydrogen) atoms. The van der Waals surface area contributed by atoms with Gasteiger partial charge < -0.3 is 13.7 Å². The normalized spacial score (nSPS) is 21.3. The monoisotopic (exact) mass is 743 g/mol. The Hall–Kier alpha value is 0.493. The van der Waals surface area contributed by atoms with Crippen LogP contribution >= 0.6 is 0 Å². The molecule has 0 heterocycles. The second-order valence-electron chi connectivity index (χ2n) is 8.72. The van der Waals surface area contributed by atoms with E-state index in [1.54, 1.807) is 0 Å². The minimum absolute atomic E-state index is 0. The summed E-state index contributed by atoms with van der Waals surface area (Å²) in [5, 5.41) is 0. The topological polar surface area (TPSA) is 208 Å². The quantitative estimate of drug-likeness (QED) is 0.259. The second kappa shape index (κ2) is 17.1. The van der Waals surface area contributed by atoms with Crippen LogP contribution in [0.15, 0.2) is 0 Å². The SMILES string of the molecule is O=S(=O)([O-])NC1CCCCC1.O=S(=O)([O-])NC1CCCCC1.O=S(=O)([O-])NC1CCCCC1.[Bi+3]. The second-order valence-corrected chi connectivity index (χ2v) is 12.2. The molecule has 3 N–H and O–H groups in total. The molecule has 0 unspecified atom stereocenters. The van der Waals surface area contributed by atoms with Gasteiger partial charge in [-0.2, -0.15) is 0 Å². The summed E-state index contributed by atoms with van der Waals surface area (Å²) in [5.41, 5.74) is 0. The van der Waals surface area contributed by atoms with Gasteiger partial charge in [-0.25, -0.2) is 39.4 Å². The van der Waals surface area contributed by atoms with Crippen molar-refractivity contribution >= 4 is 57.1 Å². The minimum Gasteiger partial charge on any atom is -0.735 e. The molecule has 2 radical (unpaired) electrons. The molecule has 0 aliphatic heterocycles. The van der Waals surface area contributed by atoms with Crippen molar-refractivity contribution in [3.63, 3.8) is 0 Å². The molecule has 12 nitrogen and oxygen atoms in total. The van der Waals surface area contributed by atoms with Crippen LogP contribution in [0.25, 0.3) is 0 Å². The third kappa shape index (κ3) is 20.7. The molecule has 3 saturated carbocycles. The van der Waals surface area contributed by atoms with Gasteiger partial charge in [0.15, 0.2) is 30.9 Å². The minimum atomic E-state index is -4.22. The summed E-state index contributed by atoms with van der Waals surface area (Å²) in [5.74, 6) is 0. The van der Waals surface area contributed by atoms with E-state index in [1.807, 2.05) is 0 Å². The molecule has 0 atom stereocenters. The van der Waals surface area contributed by atoms with Crippen LogP contribution in [0, 0.1) is 0 Å².